The molecule has 0 unspecified atom stereocenters. The first kappa shape index (κ1) is 22.5. The van der Waals surface area contributed by atoms with E-state index in [0.29, 0.717) is 24.3 Å². The molecule has 0 bridgehead atoms. The predicted octanol–water partition coefficient (Wildman–Crippen LogP) is 2.52. The van der Waals surface area contributed by atoms with Gasteiger partial charge in [0.15, 0.2) is 5.78 Å². The van der Waals surface area contributed by atoms with Gasteiger partial charge in [-0.3, -0.25) is 19.3 Å². The summed E-state index contributed by atoms with van der Waals surface area (Å²) in [6.07, 6.45) is 1.00. The molecule has 0 spiro atoms. The number of nitrogens with zero attached hydrogens (tertiary/aromatic N) is 1. The fourth-order valence-corrected chi connectivity index (χ4v) is 4.18. The number of rotatable bonds is 9. The molecule has 0 saturated carbocycles. The number of methoxy groups -OCH3 is 1. The van der Waals surface area contributed by atoms with Crippen LogP contribution in [0.25, 0.3) is 0 Å². The molecular formula is C22H25N3O5S. The van der Waals surface area contributed by atoms with E-state index in [0.717, 1.165) is 21.1 Å². The van der Waals surface area contributed by atoms with Gasteiger partial charge >= 0.3 is 6.03 Å². The summed E-state index contributed by atoms with van der Waals surface area (Å²) in [4.78, 5) is 51.3. The normalized spacial score (nSPS) is 18.1. The van der Waals surface area contributed by atoms with Crippen LogP contribution in [0, 0.1) is 0 Å². The van der Waals surface area contributed by atoms with Gasteiger partial charge in [-0.2, -0.15) is 0 Å². The van der Waals surface area contributed by atoms with Gasteiger partial charge in [0, 0.05) is 11.8 Å². The molecule has 1 saturated heterocycles. The average molecular weight is 444 g/mol. The Morgan fingerprint density at radius 2 is 1.87 bits per heavy atom. The highest BCUT2D eigenvalue weighted by Crippen LogP contribution is 2.25. The first-order chi connectivity index (χ1) is 14.7. The van der Waals surface area contributed by atoms with E-state index < -0.39 is 17.5 Å². The van der Waals surface area contributed by atoms with Crippen LogP contribution in [0.5, 0.6) is 5.75 Å². The molecule has 1 aliphatic rings. The average Bonchev–Trinajstić information content (AvgIpc) is 3.30. The molecule has 8 nitrogen and oxygen atoms in total. The highest BCUT2D eigenvalue weighted by molar-refractivity contribution is 7.14. The second-order valence-electron chi connectivity index (χ2n) is 7.60. The summed E-state index contributed by atoms with van der Waals surface area (Å²) in [5.41, 5.74) is -0.0487. The van der Waals surface area contributed by atoms with Crippen LogP contribution in [0.2, 0.25) is 0 Å². The van der Waals surface area contributed by atoms with Crippen LogP contribution >= 0.6 is 11.3 Å². The highest BCUT2D eigenvalue weighted by Gasteiger charge is 2.47. The minimum Gasteiger partial charge on any atom is -0.497 e. The molecule has 2 aromatic rings. The van der Waals surface area contributed by atoms with E-state index in [1.165, 1.54) is 18.3 Å². The number of carbonyl (C=O) groups excluding carboxylic acids is 4. The predicted molar refractivity (Wildman–Crippen MR) is 116 cm³/mol. The van der Waals surface area contributed by atoms with Gasteiger partial charge < -0.3 is 15.4 Å². The number of nitrogens with one attached hydrogen (secondary N) is 2. The quantitative estimate of drug-likeness (QED) is 0.458. The molecule has 3 rings (SSSR count). The number of hydrogen-bond acceptors (Lipinski definition) is 6. The van der Waals surface area contributed by atoms with Crippen molar-refractivity contribution >= 4 is 35.0 Å². The number of carbonyl (C=O) groups is 4. The lowest BCUT2D eigenvalue weighted by molar-refractivity contribution is -0.130. The van der Waals surface area contributed by atoms with Gasteiger partial charge in [0.25, 0.3) is 5.91 Å². The number of aryl methyl sites for hydroxylation is 1. The van der Waals surface area contributed by atoms with Gasteiger partial charge in [-0.15, -0.1) is 11.3 Å². The first-order valence-electron chi connectivity index (χ1n) is 9.85. The van der Waals surface area contributed by atoms with Crippen molar-refractivity contribution in [2.45, 2.75) is 38.8 Å². The minimum absolute atomic E-state index is 0.158. The Bertz CT molecular complexity index is 1000. The molecule has 0 aliphatic carbocycles. The van der Waals surface area contributed by atoms with E-state index in [9.17, 15) is 19.2 Å². The molecule has 1 aliphatic heterocycles. The highest BCUT2D eigenvalue weighted by atomic mass is 32.1. The Morgan fingerprint density at radius 3 is 2.52 bits per heavy atom. The van der Waals surface area contributed by atoms with Crippen LogP contribution in [0.15, 0.2) is 36.4 Å². The first-order valence-corrected chi connectivity index (χ1v) is 10.7. The maximum atomic E-state index is 12.9. The molecule has 1 aromatic carbocycles. The Morgan fingerprint density at radius 1 is 1.16 bits per heavy atom. The SMILES string of the molecule is COc1ccc(CC[C@@]2(C)NC(=O)N(CC(=O)c3ccc(CNC(C)=O)s3)C2=O)cc1. The molecule has 31 heavy (non-hydrogen) atoms. The van der Waals surface area contributed by atoms with Crippen LogP contribution in [0.3, 0.4) is 0 Å². The summed E-state index contributed by atoms with van der Waals surface area (Å²) in [6.45, 7) is 3.11. The smallest absolute Gasteiger partial charge is 0.325 e. The van der Waals surface area contributed by atoms with E-state index >= 15 is 0 Å². The van der Waals surface area contributed by atoms with Crippen molar-refractivity contribution in [1.29, 1.82) is 0 Å². The number of amides is 4. The van der Waals surface area contributed by atoms with Crippen LogP contribution in [0.1, 0.15) is 40.4 Å². The number of ether oxygens (including phenoxy) is 1. The fraction of sp³-hybridized carbons (Fsp3) is 0.364. The lowest BCUT2D eigenvalue weighted by atomic mass is 9.93. The minimum atomic E-state index is -1.07. The molecule has 1 atom stereocenters. The van der Waals surface area contributed by atoms with Crippen LogP contribution in [0.4, 0.5) is 4.79 Å². The van der Waals surface area contributed by atoms with Gasteiger partial charge in [0.2, 0.25) is 5.91 Å². The third-order valence-electron chi connectivity index (χ3n) is 5.17. The second kappa shape index (κ2) is 9.30. The van der Waals surface area contributed by atoms with Crippen molar-refractivity contribution in [2.24, 2.45) is 0 Å². The summed E-state index contributed by atoms with van der Waals surface area (Å²) in [6, 6.07) is 10.4. The maximum absolute atomic E-state index is 12.9. The number of hydrogen-bond donors (Lipinski definition) is 2. The van der Waals surface area contributed by atoms with E-state index in [-0.39, 0.29) is 18.2 Å². The van der Waals surface area contributed by atoms with Crippen molar-refractivity contribution in [3.63, 3.8) is 0 Å². The monoisotopic (exact) mass is 443 g/mol. The molecule has 2 N–H and O–H groups in total. The van der Waals surface area contributed by atoms with E-state index in [2.05, 4.69) is 10.6 Å². The van der Waals surface area contributed by atoms with Crippen molar-refractivity contribution in [3.05, 3.63) is 51.7 Å². The van der Waals surface area contributed by atoms with Gasteiger partial charge in [-0.1, -0.05) is 12.1 Å². The van der Waals surface area contributed by atoms with Crippen LogP contribution in [-0.2, 0) is 22.6 Å². The summed E-state index contributed by atoms with van der Waals surface area (Å²) >= 11 is 1.24. The fourth-order valence-electron chi connectivity index (χ4n) is 3.30. The molecule has 1 aromatic heterocycles. The molecule has 4 amide bonds. The Hall–Kier alpha value is -3.20. The van der Waals surface area contributed by atoms with Gasteiger partial charge in [0.1, 0.15) is 11.3 Å². The van der Waals surface area contributed by atoms with Gasteiger partial charge in [0.05, 0.1) is 25.1 Å². The molecular weight excluding hydrogens is 418 g/mol. The van der Waals surface area contributed by atoms with Gasteiger partial charge in [-0.25, -0.2) is 4.79 Å². The Labute approximate surface area is 184 Å². The third-order valence-corrected chi connectivity index (χ3v) is 6.29. The van der Waals surface area contributed by atoms with E-state index in [4.69, 9.17) is 4.74 Å². The molecule has 164 valence electrons. The molecule has 2 heterocycles. The van der Waals surface area contributed by atoms with Crippen molar-refractivity contribution < 1.29 is 23.9 Å². The van der Waals surface area contributed by atoms with Crippen LogP contribution < -0.4 is 15.4 Å². The van der Waals surface area contributed by atoms with Crippen molar-refractivity contribution in [1.82, 2.24) is 15.5 Å². The van der Waals surface area contributed by atoms with Crippen molar-refractivity contribution in [3.8, 4) is 5.75 Å². The molecule has 1 fully saturated rings. The van der Waals surface area contributed by atoms with E-state index in [1.54, 1.807) is 26.2 Å². The van der Waals surface area contributed by atoms with Gasteiger partial charge in [-0.05, 0) is 49.6 Å². The largest absolute Gasteiger partial charge is 0.497 e. The zero-order chi connectivity index (χ0) is 22.6. The summed E-state index contributed by atoms with van der Waals surface area (Å²) < 4.78 is 5.14. The Balaban J connectivity index is 1.61. The zero-order valence-corrected chi connectivity index (χ0v) is 18.5. The summed E-state index contributed by atoms with van der Waals surface area (Å²) in [7, 11) is 1.60. The molecule has 9 heteroatoms. The van der Waals surface area contributed by atoms with Crippen LogP contribution in [-0.4, -0.2) is 47.7 Å². The van der Waals surface area contributed by atoms with Crippen molar-refractivity contribution in [2.75, 3.05) is 13.7 Å². The van der Waals surface area contributed by atoms with E-state index in [1.807, 2.05) is 24.3 Å². The topological polar surface area (TPSA) is 105 Å². The standard InChI is InChI=1S/C22H25N3O5S/c1-14(26)23-12-17-8-9-19(31-17)18(27)13-25-20(28)22(2,24-21(25)29)11-10-15-4-6-16(30-3)7-5-15/h4-9H,10-13H2,1-3H3,(H,23,26)(H,24,29)/t22-/m1/s1. The number of Topliss-reactive ketones (excluding diaryl/α,β-unsaturated/α-hetero) is 1. The number of urea groups is 1. The third kappa shape index (κ3) is 5.29. The summed E-state index contributed by atoms with van der Waals surface area (Å²) in [5, 5.41) is 5.40. The number of thiophene rings is 1. The molecule has 0 radical (unpaired) electrons. The zero-order valence-electron chi connectivity index (χ0n) is 17.7. The number of ketones is 1. The number of benzene rings is 1. The second-order valence-corrected chi connectivity index (χ2v) is 8.77. The lowest BCUT2D eigenvalue weighted by Crippen LogP contribution is -2.44. The summed E-state index contributed by atoms with van der Waals surface area (Å²) in [5.74, 6) is -0.135. The maximum Gasteiger partial charge on any atom is 0.325 e. The Kier molecular flexibility index (Phi) is 6.74. The number of imide groups is 1. The lowest BCUT2D eigenvalue weighted by Gasteiger charge is -2.21.